The first-order valence-corrected chi connectivity index (χ1v) is 4.46. The van der Waals surface area contributed by atoms with E-state index in [9.17, 15) is 0 Å². The average Bonchev–Trinajstić information content (AvgIpc) is 2.20. The lowest BCUT2D eigenvalue weighted by Crippen LogP contribution is -2.43. The molecule has 1 saturated heterocycles. The predicted molar refractivity (Wildman–Crippen MR) is 51.6 cm³/mol. The molecule has 0 aromatic carbocycles. The van der Waals surface area contributed by atoms with E-state index in [1.54, 1.807) is 0 Å². The third kappa shape index (κ3) is 1.95. The topological polar surface area (TPSA) is 41.1 Å². The second-order valence-electron chi connectivity index (χ2n) is 3.09. The van der Waals surface area contributed by atoms with Gasteiger partial charge in [-0.3, -0.25) is 0 Å². The summed E-state index contributed by atoms with van der Waals surface area (Å²) in [5, 5.41) is 3.30. The normalized spacial score (nSPS) is 17.5. The number of hydrogen-bond donors (Lipinski definition) is 1. The maximum atomic E-state index is 4.07. The van der Waals surface area contributed by atoms with Crippen LogP contribution in [0.4, 0.5) is 5.69 Å². The molecule has 2 heterocycles. The van der Waals surface area contributed by atoms with Crippen molar-refractivity contribution in [2.24, 2.45) is 0 Å². The minimum Gasteiger partial charge on any atom is -0.366 e. The van der Waals surface area contributed by atoms with Crippen molar-refractivity contribution < 1.29 is 0 Å². The number of nitrogens with zero attached hydrogens (tertiary/aromatic N) is 3. The smallest absolute Gasteiger partial charge is 0.128 e. The fourth-order valence-electron chi connectivity index (χ4n) is 1.43. The Morgan fingerprint density at radius 2 is 1.85 bits per heavy atom. The predicted octanol–water partition coefficient (Wildman–Crippen LogP) is 0.0684. The number of hydrogen-bond acceptors (Lipinski definition) is 4. The van der Waals surface area contributed by atoms with Crippen molar-refractivity contribution in [3.63, 3.8) is 0 Å². The molecular weight excluding hydrogens is 164 g/mol. The minimum atomic E-state index is 0.582. The van der Waals surface area contributed by atoms with E-state index >= 15 is 0 Å². The molecule has 0 atom stereocenters. The molecule has 1 aromatic rings. The highest BCUT2D eigenvalue weighted by molar-refractivity contribution is 5.42. The van der Waals surface area contributed by atoms with Crippen molar-refractivity contribution in [1.29, 1.82) is 0 Å². The molecule has 69 valence electrons. The first-order valence-electron chi connectivity index (χ1n) is 4.46. The van der Waals surface area contributed by atoms with E-state index in [4.69, 9.17) is 0 Å². The second kappa shape index (κ2) is 3.70. The van der Waals surface area contributed by atoms with Crippen LogP contribution in [0.5, 0.6) is 0 Å². The van der Waals surface area contributed by atoms with Gasteiger partial charge in [-0.15, -0.1) is 0 Å². The van der Waals surface area contributed by atoms with Gasteiger partial charge in [-0.2, -0.15) is 0 Å². The van der Waals surface area contributed by atoms with Crippen molar-refractivity contribution in [2.75, 3.05) is 31.1 Å². The van der Waals surface area contributed by atoms with Crippen LogP contribution in [0.1, 0.15) is 5.82 Å². The third-order valence-electron chi connectivity index (χ3n) is 2.17. The number of aromatic nitrogens is 2. The molecule has 1 aromatic heterocycles. The number of rotatable bonds is 1. The highest BCUT2D eigenvalue weighted by Crippen LogP contribution is 2.10. The Kier molecular flexibility index (Phi) is 2.40. The van der Waals surface area contributed by atoms with Crippen LogP contribution in [0.15, 0.2) is 12.4 Å². The van der Waals surface area contributed by atoms with Gasteiger partial charge in [-0.25, -0.2) is 9.97 Å². The van der Waals surface area contributed by atoms with Gasteiger partial charge < -0.3 is 10.2 Å². The van der Waals surface area contributed by atoms with Crippen molar-refractivity contribution >= 4 is 5.69 Å². The number of anilines is 1. The van der Waals surface area contributed by atoms with Gasteiger partial charge >= 0.3 is 0 Å². The lowest BCUT2D eigenvalue weighted by Gasteiger charge is -2.28. The molecule has 4 heteroatoms. The van der Waals surface area contributed by atoms with E-state index in [0.717, 1.165) is 31.9 Å². The van der Waals surface area contributed by atoms with Gasteiger partial charge in [0.1, 0.15) is 5.82 Å². The Morgan fingerprint density at radius 1 is 1.23 bits per heavy atom. The molecular formula is C9H13N4. The summed E-state index contributed by atoms with van der Waals surface area (Å²) in [5.41, 5.74) is 1.09. The van der Waals surface area contributed by atoms with Gasteiger partial charge in [0.15, 0.2) is 0 Å². The van der Waals surface area contributed by atoms with Crippen LogP contribution < -0.4 is 10.2 Å². The molecule has 1 aliphatic rings. The average molecular weight is 177 g/mol. The summed E-state index contributed by atoms with van der Waals surface area (Å²) in [4.78, 5) is 10.4. The molecule has 4 nitrogen and oxygen atoms in total. The minimum absolute atomic E-state index is 0.582. The molecule has 1 fully saturated rings. The first kappa shape index (κ1) is 8.44. The van der Waals surface area contributed by atoms with Crippen LogP contribution in [0.2, 0.25) is 0 Å². The summed E-state index contributed by atoms with van der Waals surface area (Å²) >= 11 is 0. The van der Waals surface area contributed by atoms with Crippen LogP contribution >= 0.6 is 0 Å². The molecule has 0 unspecified atom stereocenters. The van der Waals surface area contributed by atoms with Gasteiger partial charge in [-0.05, 0) is 0 Å². The molecule has 2 rings (SSSR count). The molecule has 0 bridgehead atoms. The standard InChI is InChI=1S/C9H13N4/c1-8-11-6-9(7-12-8)13-4-2-10-3-5-13/h6-7,10H,1-5H2. The SMILES string of the molecule is [CH2]c1ncc(N2CCNCC2)cn1. The Balaban J connectivity index is 2.10. The van der Waals surface area contributed by atoms with E-state index in [-0.39, 0.29) is 0 Å². The monoisotopic (exact) mass is 177 g/mol. The lowest BCUT2D eigenvalue weighted by molar-refractivity contribution is 0.588. The number of nitrogens with one attached hydrogen (secondary N) is 1. The van der Waals surface area contributed by atoms with E-state index < -0.39 is 0 Å². The maximum Gasteiger partial charge on any atom is 0.128 e. The fraction of sp³-hybridized carbons (Fsp3) is 0.444. The van der Waals surface area contributed by atoms with Crippen LogP contribution in [0.3, 0.4) is 0 Å². The van der Waals surface area contributed by atoms with E-state index in [1.165, 1.54) is 0 Å². The van der Waals surface area contributed by atoms with Gasteiger partial charge in [0.25, 0.3) is 0 Å². The quantitative estimate of drug-likeness (QED) is 0.659. The highest BCUT2D eigenvalue weighted by Gasteiger charge is 2.10. The molecule has 1 aliphatic heterocycles. The summed E-state index contributed by atoms with van der Waals surface area (Å²) in [6, 6.07) is 0. The Hall–Kier alpha value is -1.16. The summed E-state index contributed by atoms with van der Waals surface area (Å²) in [5.74, 6) is 0.582. The molecule has 13 heavy (non-hydrogen) atoms. The van der Waals surface area contributed by atoms with E-state index in [2.05, 4.69) is 27.1 Å². The zero-order valence-electron chi connectivity index (χ0n) is 7.53. The summed E-state index contributed by atoms with van der Waals surface area (Å²) in [6.45, 7) is 7.78. The summed E-state index contributed by atoms with van der Waals surface area (Å²) < 4.78 is 0. The number of piperazine rings is 1. The largest absolute Gasteiger partial charge is 0.366 e. The van der Waals surface area contributed by atoms with Gasteiger partial charge in [0.2, 0.25) is 0 Å². The van der Waals surface area contributed by atoms with Crippen LogP contribution in [0, 0.1) is 6.92 Å². The van der Waals surface area contributed by atoms with Crippen molar-refractivity contribution in [1.82, 2.24) is 15.3 Å². The molecule has 1 N–H and O–H groups in total. The van der Waals surface area contributed by atoms with Crippen LogP contribution in [0.25, 0.3) is 0 Å². The maximum absolute atomic E-state index is 4.07. The lowest BCUT2D eigenvalue weighted by atomic mass is 10.3. The molecule has 0 aliphatic carbocycles. The zero-order chi connectivity index (χ0) is 9.10. The van der Waals surface area contributed by atoms with E-state index in [0.29, 0.717) is 5.82 Å². The van der Waals surface area contributed by atoms with Gasteiger partial charge in [-0.1, -0.05) is 0 Å². The molecule has 0 spiro atoms. The highest BCUT2D eigenvalue weighted by atomic mass is 15.2. The zero-order valence-corrected chi connectivity index (χ0v) is 7.53. The summed E-state index contributed by atoms with van der Waals surface area (Å²) in [7, 11) is 0. The molecule has 0 amide bonds. The van der Waals surface area contributed by atoms with Crippen molar-refractivity contribution in [2.45, 2.75) is 0 Å². The van der Waals surface area contributed by atoms with E-state index in [1.807, 2.05) is 12.4 Å². The van der Waals surface area contributed by atoms with Gasteiger partial charge in [0, 0.05) is 33.1 Å². The first-order chi connectivity index (χ1) is 6.36. The molecule has 1 radical (unpaired) electrons. The molecule has 0 saturated carbocycles. The Bertz CT molecular complexity index is 263. The van der Waals surface area contributed by atoms with Gasteiger partial charge in [0.05, 0.1) is 18.1 Å². The Morgan fingerprint density at radius 3 is 2.46 bits per heavy atom. The second-order valence-corrected chi connectivity index (χ2v) is 3.09. The third-order valence-corrected chi connectivity index (χ3v) is 2.17. The van der Waals surface area contributed by atoms with Crippen molar-refractivity contribution in [3.8, 4) is 0 Å². The summed E-state index contributed by atoms with van der Waals surface area (Å²) in [6.07, 6.45) is 3.67. The van der Waals surface area contributed by atoms with Crippen LogP contribution in [-0.4, -0.2) is 36.1 Å². The Labute approximate surface area is 78.0 Å². The van der Waals surface area contributed by atoms with Crippen molar-refractivity contribution in [3.05, 3.63) is 25.1 Å². The fourth-order valence-corrected chi connectivity index (χ4v) is 1.43. The van der Waals surface area contributed by atoms with Crippen LogP contribution in [-0.2, 0) is 0 Å².